The van der Waals surface area contributed by atoms with Crippen LogP contribution in [0.5, 0.6) is 0 Å². The van der Waals surface area contributed by atoms with Crippen LogP contribution < -0.4 is 5.32 Å². The summed E-state index contributed by atoms with van der Waals surface area (Å²) in [6.45, 7) is 2.86. The number of amides is 1. The van der Waals surface area contributed by atoms with Crippen molar-refractivity contribution in [3.8, 4) is 11.1 Å². The van der Waals surface area contributed by atoms with Gasteiger partial charge in [-0.1, -0.05) is 91.0 Å². The first-order chi connectivity index (χ1) is 23.2. The molecule has 1 amide bonds. The van der Waals surface area contributed by atoms with Crippen LogP contribution in [0.4, 0.5) is 0 Å². The number of aliphatic carboxylic acids is 1. The molecule has 0 aromatic heterocycles. The average molecular weight is 653 g/mol. The molecular formula is C39H44N2O7. The highest BCUT2D eigenvalue weighted by Crippen LogP contribution is 2.39. The number of nitrogens with one attached hydrogen (secondary N) is 1. The SMILES string of the molecule is C[C@@H]([C@H](O)c1ccccc1)N(C)C[C@H]1C[C@@H](c2ccc(CO)cc2)O[C@@H](c2cccc(-c3cccc(CNC(=O)CCC(=O)O)c3)c2)O1. The van der Waals surface area contributed by atoms with Gasteiger partial charge in [0.05, 0.1) is 31.3 Å². The van der Waals surface area contributed by atoms with Crippen molar-refractivity contribution in [3.63, 3.8) is 0 Å². The van der Waals surface area contributed by atoms with Gasteiger partial charge in [-0.3, -0.25) is 14.5 Å². The standard InChI is InChI=1S/C39H44N2O7/c1-26(38(46)30-9-4-3-5-10-30)41(2)24-34-22-35(29-16-14-27(25-42)15-17-29)48-39(47-34)33-13-7-12-32(21-33)31-11-6-8-28(20-31)23-40-36(43)18-19-37(44)45/h3-17,20-21,26,34-35,38-39,42,46H,18-19,22-25H2,1-2H3,(H,40,43)(H,44,45)/t26-,34+,35-,38-,39-/m0/s1. The minimum Gasteiger partial charge on any atom is -0.481 e. The summed E-state index contributed by atoms with van der Waals surface area (Å²) in [7, 11) is 2.00. The van der Waals surface area contributed by atoms with Crippen LogP contribution in [-0.2, 0) is 32.2 Å². The summed E-state index contributed by atoms with van der Waals surface area (Å²) in [5.74, 6) is -1.31. The monoisotopic (exact) mass is 652 g/mol. The number of likely N-dealkylation sites (N-methyl/N-ethyl adjacent to an activating group) is 1. The van der Waals surface area contributed by atoms with Gasteiger partial charge in [0, 0.05) is 37.5 Å². The van der Waals surface area contributed by atoms with Crippen LogP contribution >= 0.6 is 0 Å². The minimum atomic E-state index is -1.00. The van der Waals surface area contributed by atoms with Gasteiger partial charge in [-0.05, 0) is 59.5 Å². The molecular weight excluding hydrogens is 608 g/mol. The highest BCUT2D eigenvalue weighted by molar-refractivity contribution is 5.80. The zero-order valence-electron chi connectivity index (χ0n) is 27.4. The summed E-state index contributed by atoms with van der Waals surface area (Å²) in [6, 6.07) is 33.2. The van der Waals surface area contributed by atoms with E-state index in [1.165, 1.54) is 0 Å². The van der Waals surface area contributed by atoms with Crippen molar-refractivity contribution in [3.05, 3.63) is 131 Å². The number of carbonyl (C=O) groups is 2. The molecule has 4 N–H and O–H groups in total. The number of hydrogen-bond donors (Lipinski definition) is 4. The van der Waals surface area contributed by atoms with E-state index in [0.29, 0.717) is 19.5 Å². The lowest BCUT2D eigenvalue weighted by molar-refractivity contribution is -0.253. The van der Waals surface area contributed by atoms with Gasteiger partial charge in [0.2, 0.25) is 5.91 Å². The number of benzene rings is 4. The van der Waals surface area contributed by atoms with Crippen molar-refractivity contribution in [2.45, 2.75) is 70.0 Å². The largest absolute Gasteiger partial charge is 0.481 e. The van der Waals surface area contributed by atoms with E-state index in [4.69, 9.17) is 14.6 Å². The lowest BCUT2D eigenvalue weighted by Crippen LogP contribution is -2.43. The molecule has 1 aliphatic heterocycles. The second-order valence-electron chi connectivity index (χ2n) is 12.4. The fraction of sp³-hybridized carbons (Fsp3) is 0.333. The van der Waals surface area contributed by atoms with Crippen molar-refractivity contribution in [1.29, 1.82) is 0 Å². The van der Waals surface area contributed by atoms with Crippen LogP contribution in [0.25, 0.3) is 11.1 Å². The maximum Gasteiger partial charge on any atom is 0.303 e. The molecule has 9 heteroatoms. The Balaban J connectivity index is 1.34. The maximum atomic E-state index is 12.1. The summed E-state index contributed by atoms with van der Waals surface area (Å²) >= 11 is 0. The third-order valence-electron chi connectivity index (χ3n) is 8.87. The summed E-state index contributed by atoms with van der Waals surface area (Å²) < 4.78 is 13.2. The summed E-state index contributed by atoms with van der Waals surface area (Å²) in [5.41, 5.74) is 6.37. The van der Waals surface area contributed by atoms with E-state index in [0.717, 1.165) is 38.9 Å². The lowest BCUT2D eigenvalue weighted by Gasteiger charge is -2.39. The summed E-state index contributed by atoms with van der Waals surface area (Å²) in [5, 5.41) is 32.3. The second-order valence-corrected chi connectivity index (χ2v) is 12.4. The Bertz CT molecular complexity index is 1650. The minimum absolute atomic E-state index is 0.0301. The molecule has 4 aromatic carbocycles. The number of aliphatic hydroxyl groups excluding tert-OH is 2. The average Bonchev–Trinajstić information content (AvgIpc) is 3.12. The van der Waals surface area contributed by atoms with Crippen LogP contribution in [0, 0.1) is 0 Å². The van der Waals surface area contributed by atoms with Crippen LogP contribution in [0.1, 0.15) is 72.5 Å². The lowest BCUT2D eigenvalue weighted by atomic mass is 9.97. The van der Waals surface area contributed by atoms with Crippen LogP contribution in [0.2, 0.25) is 0 Å². The molecule has 0 spiro atoms. The normalized spacial score (nSPS) is 19.1. The van der Waals surface area contributed by atoms with Crippen LogP contribution in [0.3, 0.4) is 0 Å². The van der Waals surface area contributed by atoms with Crippen molar-refractivity contribution in [2.24, 2.45) is 0 Å². The third-order valence-corrected chi connectivity index (χ3v) is 8.87. The molecule has 1 heterocycles. The molecule has 4 aromatic rings. The van der Waals surface area contributed by atoms with Crippen molar-refractivity contribution in [2.75, 3.05) is 13.6 Å². The highest BCUT2D eigenvalue weighted by atomic mass is 16.7. The summed E-state index contributed by atoms with van der Waals surface area (Å²) in [6.07, 6.45) is -1.39. The smallest absolute Gasteiger partial charge is 0.303 e. The van der Waals surface area contributed by atoms with Crippen LogP contribution in [-0.4, -0.2) is 57.8 Å². The predicted octanol–water partition coefficient (Wildman–Crippen LogP) is 5.93. The van der Waals surface area contributed by atoms with Gasteiger partial charge in [-0.25, -0.2) is 0 Å². The van der Waals surface area contributed by atoms with E-state index in [2.05, 4.69) is 16.3 Å². The molecule has 0 unspecified atom stereocenters. The van der Waals surface area contributed by atoms with Gasteiger partial charge in [0.25, 0.3) is 0 Å². The Labute approximate surface area is 281 Å². The predicted molar refractivity (Wildman–Crippen MR) is 183 cm³/mol. The van der Waals surface area contributed by atoms with E-state index in [1.54, 1.807) is 0 Å². The Kier molecular flexibility index (Phi) is 12.1. The number of carbonyl (C=O) groups excluding carboxylic acids is 1. The van der Waals surface area contributed by atoms with Crippen molar-refractivity contribution >= 4 is 11.9 Å². The number of rotatable bonds is 14. The maximum absolute atomic E-state index is 12.1. The molecule has 1 aliphatic rings. The van der Waals surface area contributed by atoms with Gasteiger partial charge in [0.1, 0.15) is 0 Å². The molecule has 0 radical (unpaired) electrons. The Hall–Kier alpha value is -4.38. The molecule has 5 atom stereocenters. The first-order valence-electron chi connectivity index (χ1n) is 16.3. The number of nitrogens with zero attached hydrogens (tertiary/aromatic N) is 1. The van der Waals surface area contributed by atoms with Crippen molar-refractivity contribution in [1.82, 2.24) is 10.2 Å². The van der Waals surface area contributed by atoms with E-state index in [1.807, 2.05) is 111 Å². The second kappa shape index (κ2) is 16.6. The first-order valence-corrected chi connectivity index (χ1v) is 16.3. The number of carboxylic acids is 1. The van der Waals surface area contributed by atoms with E-state index in [-0.39, 0.29) is 43.6 Å². The molecule has 5 rings (SSSR count). The zero-order chi connectivity index (χ0) is 34.0. The van der Waals surface area contributed by atoms with Gasteiger partial charge in [-0.15, -0.1) is 0 Å². The summed E-state index contributed by atoms with van der Waals surface area (Å²) in [4.78, 5) is 25.0. The first kappa shape index (κ1) is 34.9. The van der Waals surface area contributed by atoms with E-state index >= 15 is 0 Å². The molecule has 48 heavy (non-hydrogen) atoms. The van der Waals surface area contributed by atoms with E-state index < -0.39 is 18.4 Å². The fourth-order valence-electron chi connectivity index (χ4n) is 5.93. The van der Waals surface area contributed by atoms with Crippen molar-refractivity contribution < 1.29 is 34.4 Å². The Morgan fingerprint density at radius 3 is 2.27 bits per heavy atom. The van der Waals surface area contributed by atoms with Gasteiger partial charge in [0.15, 0.2) is 6.29 Å². The molecule has 1 fully saturated rings. The quantitative estimate of drug-likeness (QED) is 0.132. The number of hydrogen-bond acceptors (Lipinski definition) is 7. The van der Waals surface area contributed by atoms with Gasteiger partial charge in [-0.2, -0.15) is 0 Å². The molecule has 0 bridgehead atoms. The Morgan fingerprint density at radius 2 is 1.56 bits per heavy atom. The van der Waals surface area contributed by atoms with Crippen LogP contribution in [0.15, 0.2) is 103 Å². The number of carboxylic acid groups (broad SMARTS) is 1. The van der Waals surface area contributed by atoms with E-state index in [9.17, 15) is 19.8 Å². The van der Waals surface area contributed by atoms with Gasteiger partial charge < -0.3 is 30.1 Å². The Morgan fingerprint density at radius 1 is 0.854 bits per heavy atom. The molecule has 0 saturated carbocycles. The molecule has 1 saturated heterocycles. The molecule has 0 aliphatic carbocycles. The fourth-order valence-corrected chi connectivity index (χ4v) is 5.93. The zero-order valence-corrected chi connectivity index (χ0v) is 27.4. The molecule has 9 nitrogen and oxygen atoms in total. The number of aliphatic hydroxyl groups is 2. The highest BCUT2D eigenvalue weighted by Gasteiger charge is 2.34. The topological polar surface area (TPSA) is 129 Å². The molecule has 252 valence electrons. The third kappa shape index (κ3) is 9.37. The van der Waals surface area contributed by atoms with Gasteiger partial charge >= 0.3 is 5.97 Å². The number of ether oxygens (including phenoxy) is 2.